The maximum absolute atomic E-state index is 10.8. The normalized spacial score (nSPS) is 10.3. The van der Waals surface area contributed by atoms with E-state index in [1.807, 2.05) is 146 Å². The molecular formula is C44H24N6. The van der Waals surface area contributed by atoms with Crippen molar-refractivity contribution in [3.05, 3.63) is 180 Å². The molecule has 0 N–H and O–H groups in total. The van der Waals surface area contributed by atoms with Gasteiger partial charge >= 0.3 is 0 Å². The van der Waals surface area contributed by atoms with Crippen LogP contribution in [0, 0.1) is 35.8 Å². The third kappa shape index (κ3) is 5.42. The molecule has 6 nitrogen and oxygen atoms in total. The largest absolute Gasteiger partial charge is 0.271 e. The standard InChI is InChI=1S/C44H24N6/c1-47-43-38(30-19-9-4-10-20-30)44(48-2)42(50-40(43)32-23-13-6-14-24-32)34-26-16-15-25-33(34)41-36(28-46)37(29-17-7-3-8-18-29)35(27-45)39(49-41)31-21-11-5-12-22-31/h3-26H. The van der Waals surface area contributed by atoms with Gasteiger partial charge in [0.2, 0.25) is 11.4 Å². The minimum Gasteiger partial charge on any atom is -0.271 e. The lowest BCUT2D eigenvalue weighted by Gasteiger charge is -2.20. The van der Waals surface area contributed by atoms with Crippen molar-refractivity contribution in [3.8, 4) is 79.4 Å². The van der Waals surface area contributed by atoms with E-state index in [1.54, 1.807) is 0 Å². The Kier molecular flexibility index (Phi) is 8.43. The zero-order valence-corrected chi connectivity index (χ0v) is 26.5. The third-order valence-electron chi connectivity index (χ3n) is 8.45. The summed E-state index contributed by atoms with van der Waals surface area (Å²) in [4.78, 5) is 18.1. The van der Waals surface area contributed by atoms with E-state index in [2.05, 4.69) is 21.8 Å². The highest BCUT2D eigenvalue weighted by atomic mass is 14.8. The first-order chi connectivity index (χ1) is 24.7. The van der Waals surface area contributed by atoms with Gasteiger partial charge in [-0.1, -0.05) is 146 Å². The second-order valence-corrected chi connectivity index (χ2v) is 11.3. The molecule has 7 rings (SSSR count). The van der Waals surface area contributed by atoms with Crippen LogP contribution >= 0.6 is 0 Å². The highest BCUT2D eigenvalue weighted by Crippen LogP contribution is 2.50. The summed E-state index contributed by atoms with van der Waals surface area (Å²) >= 11 is 0. The van der Waals surface area contributed by atoms with Crippen LogP contribution in [0.3, 0.4) is 0 Å². The molecule has 0 radical (unpaired) electrons. The summed E-state index contributed by atoms with van der Waals surface area (Å²) in [7, 11) is 0. The van der Waals surface area contributed by atoms with Gasteiger partial charge in [0.15, 0.2) is 0 Å². The molecule has 50 heavy (non-hydrogen) atoms. The topological polar surface area (TPSA) is 82.1 Å². The van der Waals surface area contributed by atoms with Gasteiger partial charge in [0.05, 0.1) is 47.0 Å². The quantitative estimate of drug-likeness (QED) is 0.170. The van der Waals surface area contributed by atoms with Gasteiger partial charge in [-0.2, -0.15) is 10.5 Å². The molecule has 0 amide bonds. The fourth-order valence-electron chi connectivity index (χ4n) is 6.24. The van der Waals surface area contributed by atoms with Crippen LogP contribution in [0.1, 0.15) is 11.1 Å². The summed E-state index contributed by atoms with van der Waals surface area (Å²) in [5, 5.41) is 21.4. The van der Waals surface area contributed by atoms with Gasteiger partial charge in [-0.15, -0.1) is 0 Å². The van der Waals surface area contributed by atoms with E-state index in [9.17, 15) is 10.5 Å². The molecule has 0 aliphatic rings. The van der Waals surface area contributed by atoms with Gasteiger partial charge in [-0.3, -0.25) is 4.98 Å². The molecule has 0 fully saturated rings. The van der Waals surface area contributed by atoms with Crippen molar-refractivity contribution < 1.29 is 0 Å². The van der Waals surface area contributed by atoms with Crippen LogP contribution in [0.4, 0.5) is 11.4 Å². The first-order valence-electron chi connectivity index (χ1n) is 15.7. The Morgan fingerprint density at radius 3 is 1.24 bits per heavy atom. The third-order valence-corrected chi connectivity index (χ3v) is 8.45. The van der Waals surface area contributed by atoms with E-state index in [0.29, 0.717) is 56.2 Å². The number of nitriles is 2. The number of benzene rings is 5. The summed E-state index contributed by atoms with van der Waals surface area (Å²) in [6.45, 7) is 16.7. The summed E-state index contributed by atoms with van der Waals surface area (Å²) in [6.07, 6.45) is 0. The average molecular weight is 637 g/mol. The minimum atomic E-state index is 0.216. The van der Waals surface area contributed by atoms with Crippen molar-refractivity contribution in [2.75, 3.05) is 0 Å². The second-order valence-electron chi connectivity index (χ2n) is 11.3. The molecule has 0 bridgehead atoms. The predicted octanol–water partition coefficient (Wildman–Crippen LogP) is 11.3. The number of hydrogen-bond acceptors (Lipinski definition) is 4. The van der Waals surface area contributed by atoms with E-state index in [1.165, 1.54) is 0 Å². The number of pyridine rings is 2. The molecule has 5 aromatic carbocycles. The Hall–Kier alpha value is -7.64. The SMILES string of the molecule is [C-]#[N+]c1c(-c2ccccc2)nc(-c2ccccc2-c2nc(-c3ccccc3)c(C#N)c(-c3ccccc3)c2C#N)c([N+]#[C-])c1-c1ccccc1. The van der Waals surface area contributed by atoms with Crippen molar-refractivity contribution in [1.29, 1.82) is 10.5 Å². The summed E-state index contributed by atoms with van der Waals surface area (Å²) < 4.78 is 0. The van der Waals surface area contributed by atoms with Crippen LogP contribution in [0.25, 0.3) is 77.0 Å². The lowest BCUT2D eigenvalue weighted by Crippen LogP contribution is -2.03. The van der Waals surface area contributed by atoms with Crippen LogP contribution < -0.4 is 0 Å². The smallest absolute Gasteiger partial charge is 0.210 e. The van der Waals surface area contributed by atoms with E-state index in [0.717, 1.165) is 16.7 Å². The van der Waals surface area contributed by atoms with Gasteiger partial charge in [0.25, 0.3) is 0 Å². The Balaban J connectivity index is 1.62. The number of hydrogen-bond donors (Lipinski definition) is 0. The molecule has 230 valence electrons. The van der Waals surface area contributed by atoms with Gasteiger partial charge in [0.1, 0.15) is 12.1 Å². The maximum Gasteiger partial charge on any atom is 0.210 e. The van der Waals surface area contributed by atoms with Crippen LogP contribution in [-0.4, -0.2) is 9.97 Å². The number of nitrogens with zero attached hydrogens (tertiary/aromatic N) is 6. The highest BCUT2D eigenvalue weighted by molar-refractivity contribution is 6.04. The van der Waals surface area contributed by atoms with Crippen molar-refractivity contribution in [1.82, 2.24) is 9.97 Å². The van der Waals surface area contributed by atoms with Crippen LogP contribution in [-0.2, 0) is 0 Å². The molecular weight excluding hydrogens is 613 g/mol. The molecule has 2 aromatic heterocycles. The first kappa shape index (κ1) is 31.0. The monoisotopic (exact) mass is 636 g/mol. The first-order valence-corrected chi connectivity index (χ1v) is 15.7. The van der Waals surface area contributed by atoms with Gasteiger partial charge in [-0.05, 0) is 27.8 Å². The van der Waals surface area contributed by atoms with Crippen LogP contribution in [0.2, 0.25) is 0 Å². The molecule has 6 heteroatoms. The van der Waals surface area contributed by atoms with Crippen LogP contribution in [0.5, 0.6) is 0 Å². The Labute approximate surface area is 290 Å². The molecule has 0 saturated carbocycles. The fourth-order valence-corrected chi connectivity index (χ4v) is 6.24. The van der Waals surface area contributed by atoms with E-state index in [-0.39, 0.29) is 16.9 Å². The van der Waals surface area contributed by atoms with Crippen molar-refractivity contribution in [2.24, 2.45) is 0 Å². The average Bonchev–Trinajstić information content (AvgIpc) is 3.20. The lowest BCUT2D eigenvalue weighted by molar-refractivity contribution is 1.27. The Bertz CT molecular complexity index is 2370. The summed E-state index contributed by atoms with van der Waals surface area (Å²) in [5.74, 6) is 0. The number of aromatic nitrogens is 2. The van der Waals surface area contributed by atoms with E-state index >= 15 is 0 Å². The Morgan fingerprint density at radius 2 is 0.760 bits per heavy atom. The minimum absolute atomic E-state index is 0.216. The number of rotatable bonds is 6. The van der Waals surface area contributed by atoms with Crippen molar-refractivity contribution in [3.63, 3.8) is 0 Å². The molecule has 0 atom stereocenters. The van der Waals surface area contributed by atoms with Gasteiger partial charge in [0, 0.05) is 16.7 Å². The molecule has 7 aromatic rings. The molecule has 0 aliphatic heterocycles. The fraction of sp³-hybridized carbons (Fsp3) is 0. The van der Waals surface area contributed by atoms with Gasteiger partial charge in [-0.25, -0.2) is 14.7 Å². The molecule has 0 unspecified atom stereocenters. The van der Waals surface area contributed by atoms with Crippen molar-refractivity contribution >= 4 is 11.4 Å². The maximum atomic E-state index is 10.8. The molecule has 0 spiro atoms. The Morgan fingerprint density at radius 1 is 0.400 bits per heavy atom. The highest BCUT2D eigenvalue weighted by Gasteiger charge is 2.28. The zero-order valence-electron chi connectivity index (χ0n) is 26.5. The summed E-state index contributed by atoms with van der Waals surface area (Å²) in [6, 6.07) is 49.9. The predicted molar refractivity (Wildman–Crippen MR) is 197 cm³/mol. The molecule has 0 aliphatic carbocycles. The van der Waals surface area contributed by atoms with Gasteiger partial charge < -0.3 is 0 Å². The lowest BCUT2D eigenvalue weighted by atomic mass is 9.87. The molecule has 0 saturated heterocycles. The molecule has 2 heterocycles. The summed E-state index contributed by atoms with van der Waals surface area (Å²) in [5.41, 5.74) is 7.59. The van der Waals surface area contributed by atoms with Crippen LogP contribution in [0.15, 0.2) is 146 Å². The van der Waals surface area contributed by atoms with E-state index in [4.69, 9.17) is 23.1 Å². The second kappa shape index (κ2) is 13.6. The van der Waals surface area contributed by atoms with Crippen molar-refractivity contribution in [2.45, 2.75) is 0 Å². The zero-order chi connectivity index (χ0) is 34.5. The van der Waals surface area contributed by atoms with E-state index < -0.39 is 0 Å².